The number of piperazine rings is 1. The van der Waals surface area contributed by atoms with Crippen molar-refractivity contribution in [3.8, 4) is 11.5 Å². The molecule has 0 atom stereocenters. The van der Waals surface area contributed by atoms with Gasteiger partial charge in [0.15, 0.2) is 0 Å². The minimum atomic E-state index is -0.321. The molecule has 9 nitrogen and oxygen atoms in total. The van der Waals surface area contributed by atoms with Crippen molar-refractivity contribution in [2.24, 2.45) is 0 Å². The molecule has 3 aromatic rings. The summed E-state index contributed by atoms with van der Waals surface area (Å²) >= 11 is 0. The number of hydrogen-bond acceptors (Lipinski definition) is 8. The van der Waals surface area contributed by atoms with Crippen molar-refractivity contribution in [3.05, 3.63) is 54.2 Å². The Morgan fingerprint density at radius 2 is 1.87 bits per heavy atom. The van der Waals surface area contributed by atoms with Gasteiger partial charge >= 0.3 is 0 Å². The predicted octanol–water partition coefficient (Wildman–Crippen LogP) is 1.38. The van der Waals surface area contributed by atoms with Crippen molar-refractivity contribution in [1.29, 1.82) is 0 Å². The summed E-state index contributed by atoms with van der Waals surface area (Å²) < 4.78 is 6.27. The number of pyridine rings is 1. The summed E-state index contributed by atoms with van der Waals surface area (Å²) in [6.07, 6.45) is 1.64. The van der Waals surface area contributed by atoms with Crippen LogP contribution in [0.1, 0.15) is 10.4 Å². The molecule has 30 heavy (non-hydrogen) atoms. The minimum Gasteiger partial charge on any atom is -0.383 e. The molecule has 0 spiro atoms. The summed E-state index contributed by atoms with van der Waals surface area (Å²) in [5, 5.41) is 4.24. The average Bonchev–Trinajstić information content (AvgIpc) is 3.20. The van der Waals surface area contributed by atoms with Crippen LogP contribution in [0.25, 0.3) is 11.5 Å². The fourth-order valence-electron chi connectivity index (χ4n) is 3.46. The molecule has 0 radical (unpaired) electrons. The normalized spacial score (nSPS) is 14.8. The topological polar surface area (TPSA) is 102 Å². The second kappa shape index (κ2) is 9.02. The number of anilines is 2. The van der Waals surface area contributed by atoms with Crippen molar-refractivity contribution in [2.75, 3.05) is 57.1 Å². The highest BCUT2D eigenvalue weighted by Gasteiger charge is 2.19. The molecule has 1 aliphatic heterocycles. The summed E-state index contributed by atoms with van der Waals surface area (Å²) in [4.78, 5) is 26.0. The number of carbonyl (C=O) groups is 1. The van der Waals surface area contributed by atoms with Gasteiger partial charge in [-0.15, -0.1) is 5.10 Å². The highest BCUT2D eigenvalue weighted by atomic mass is 16.5. The maximum atomic E-state index is 12.9. The maximum absolute atomic E-state index is 12.9. The van der Waals surface area contributed by atoms with E-state index in [1.807, 2.05) is 18.2 Å². The Morgan fingerprint density at radius 1 is 1.10 bits per heavy atom. The Balaban J connectivity index is 1.43. The molecular formula is C21H25N7O2. The van der Waals surface area contributed by atoms with E-state index in [4.69, 9.17) is 10.5 Å². The molecule has 3 heterocycles. The van der Waals surface area contributed by atoms with E-state index in [2.05, 4.69) is 24.9 Å². The van der Waals surface area contributed by atoms with Gasteiger partial charge in [0.25, 0.3) is 5.91 Å². The van der Waals surface area contributed by atoms with Crippen molar-refractivity contribution in [1.82, 2.24) is 24.6 Å². The van der Waals surface area contributed by atoms with Gasteiger partial charge < -0.3 is 15.4 Å². The molecule has 1 aliphatic rings. The van der Waals surface area contributed by atoms with Gasteiger partial charge in [-0.3, -0.25) is 14.7 Å². The molecule has 0 saturated carbocycles. The van der Waals surface area contributed by atoms with E-state index in [1.54, 1.807) is 37.6 Å². The first-order chi connectivity index (χ1) is 14.7. The number of aromatic nitrogens is 4. The zero-order chi connectivity index (χ0) is 20.9. The Hall–Kier alpha value is -3.30. The molecule has 1 aromatic carbocycles. The van der Waals surface area contributed by atoms with Crippen LogP contribution in [0.3, 0.4) is 0 Å². The van der Waals surface area contributed by atoms with Crippen LogP contribution in [0.4, 0.5) is 11.6 Å². The zero-order valence-corrected chi connectivity index (χ0v) is 16.9. The number of rotatable bonds is 6. The van der Waals surface area contributed by atoms with E-state index in [0.29, 0.717) is 17.1 Å². The van der Waals surface area contributed by atoms with E-state index in [1.165, 1.54) is 0 Å². The van der Waals surface area contributed by atoms with Crippen LogP contribution in [-0.4, -0.2) is 77.0 Å². The number of nitrogen functional groups attached to an aromatic ring is 1. The third-order valence-corrected chi connectivity index (χ3v) is 5.18. The Kier molecular flexibility index (Phi) is 6.01. The Labute approximate surface area is 175 Å². The quantitative estimate of drug-likeness (QED) is 0.654. The van der Waals surface area contributed by atoms with Gasteiger partial charge in [0, 0.05) is 57.3 Å². The van der Waals surface area contributed by atoms with Crippen molar-refractivity contribution in [3.63, 3.8) is 0 Å². The highest BCUT2D eigenvalue weighted by molar-refractivity contribution is 5.97. The number of methoxy groups -OCH3 is 1. The molecule has 156 valence electrons. The molecule has 2 N–H and O–H groups in total. The fourth-order valence-corrected chi connectivity index (χ4v) is 3.46. The number of carbonyl (C=O) groups excluding carboxylic acids is 1. The van der Waals surface area contributed by atoms with Crippen LogP contribution >= 0.6 is 0 Å². The smallest absolute Gasteiger partial charge is 0.281 e. The lowest BCUT2D eigenvalue weighted by atomic mass is 10.1. The Morgan fingerprint density at radius 3 is 2.53 bits per heavy atom. The Bertz CT molecular complexity index is 980. The molecule has 1 saturated heterocycles. The molecule has 4 rings (SSSR count). The number of benzene rings is 1. The van der Waals surface area contributed by atoms with Gasteiger partial charge in [0.05, 0.1) is 6.61 Å². The van der Waals surface area contributed by atoms with E-state index >= 15 is 0 Å². The average molecular weight is 407 g/mol. The van der Waals surface area contributed by atoms with Crippen LogP contribution in [0.5, 0.6) is 0 Å². The van der Waals surface area contributed by atoms with Gasteiger partial charge in [-0.2, -0.15) is 9.67 Å². The summed E-state index contributed by atoms with van der Waals surface area (Å²) in [5.74, 6) is 0.0411. The predicted molar refractivity (Wildman–Crippen MR) is 114 cm³/mol. The fraction of sp³-hybridized carbons (Fsp3) is 0.333. The third kappa shape index (κ3) is 4.32. The largest absolute Gasteiger partial charge is 0.383 e. The standard InChI is InChI=1S/C21H25N7O2/c1-30-15-14-26-10-12-27(13-11-26)17-7-5-16(6-8-17)20(29)28-21(22)24-19(25-28)18-4-2-3-9-23-18/h2-9H,10-15H2,1H3,(H2,22,24,25). The molecule has 0 unspecified atom stereocenters. The lowest BCUT2D eigenvalue weighted by Crippen LogP contribution is -2.47. The molecule has 2 aromatic heterocycles. The first-order valence-electron chi connectivity index (χ1n) is 9.90. The maximum Gasteiger partial charge on any atom is 0.281 e. The molecule has 0 amide bonds. The van der Waals surface area contributed by atoms with Crippen molar-refractivity contribution < 1.29 is 9.53 Å². The number of nitrogens with zero attached hydrogens (tertiary/aromatic N) is 6. The van der Waals surface area contributed by atoms with Gasteiger partial charge in [-0.25, -0.2) is 0 Å². The number of nitrogens with two attached hydrogens (primary N) is 1. The van der Waals surface area contributed by atoms with Crippen LogP contribution in [0, 0.1) is 0 Å². The lowest BCUT2D eigenvalue weighted by Gasteiger charge is -2.36. The summed E-state index contributed by atoms with van der Waals surface area (Å²) in [6, 6.07) is 12.9. The SMILES string of the molecule is COCCN1CCN(c2ccc(C(=O)n3nc(-c4ccccn4)nc3N)cc2)CC1. The molecule has 0 bridgehead atoms. The first-order valence-corrected chi connectivity index (χ1v) is 9.90. The van der Waals surface area contributed by atoms with Crippen LogP contribution in [-0.2, 0) is 4.74 Å². The lowest BCUT2D eigenvalue weighted by molar-refractivity contribution is 0.0948. The summed E-state index contributed by atoms with van der Waals surface area (Å²) in [6.45, 7) is 5.59. The summed E-state index contributed by atoms with van der Waals surface area (Å²) in [7, 11) is 1.73. The van der Waals surface area contributed by atoms with Gasteiger partial charge in [0.2, 0.25) is 11.8 Å². The molecule has 1 fully saturated rings. The van der Waals surface area contributed by atoms with E-state index in [-0.39, 0.29) is 11.9 Å². The van der Waals surface area contributed by atoms with Crippen LogP contribution in [0.15, 0.2) is 48.7 Å². The van der Waals surface area contributed by atoms with Gasteiger partial charge in [-0.1, -0.05) is 6.07 Å². The van der Waals surface area contributed by atoms with E-state index in [9.17, 15) is 4.79 Å². The molecule has 0 aliphatic carbocycles. The summed E-state index contributed by atoms with van der Waals surface area (Å²) in [5.41, 5.74) is 8.09. The zero-order valence-electron chi connectivity index (χ0n) is 16.9. The van der Waals surface area contributed by atoms with Crippen LogP contribution < -0.4 is 10.6 Å². The van der Waals surface area contributed by atoms with E-state index in [0.717, 1.165) is 49.7 Å². The minimum absolute atomic E-state index is 0.0388. The number of ether oxygens (including phenoxy) is 1. The third-order valence-electron chi connectivity index (χ3n) is 5.18. The molecular weight excluding hydrogens is 382 g/mol. The number of hydrogen-bond donors (Lipinski definition) is 1. The first kappa shape index (κ1) is 20.0. The van der Waals surface area contributed by atoms with Gasteiger partial charge in [0.1, 0.15) is 5.69 Å². The second-order valence-electron chi connectivity index (χ2n) is 7.09. The van der Waals surface area contributed by atoms with E-state index < -0.39 is 0 Å². The molecule has 9 heteroatoms. The van der Waals surface area contributed by atoms with Crippen LogP contribution in [0.2, 0.25) is 0 Å². The van der Waals surface area contributed by atoms with Crippen molar-refractivity contribution in [2.45, 2.75) is 0 Å². The second-order valence-corrected chi connectivity index (χ2v) is 7.09. The monoisotopic (exact) mass is 407 g/mol. The van der Waals surface area contributed by atoms with Crippen molar-refractivity contribution >= 4 is 17.5 Å². The highest BCUT2D eigenvalue weighted by Crippen LogP contribution is 2.19. The van der Waals surface area contributed by atoms with Gasteiger partial charge in [-0.05, 0) is 36.4 Å².